The molecule has 7 nitrogen and oxygen atoms in total. The van der Waals surface area contributed by atoms with Crippen LogP contribution >= 0.6 is 0 Å². The van der Waals surface area contributed by atoms with Gasteiger partial charge in [-0.15, -0.1) is 0 Å². The fraction of sp³-hybridized carbons (Fsp3) is 0.321. The first-order valence-corrected chi connectivity index (χ1v) is 13.8. The summed E-state index contributed by atoms with van der Waals surface area (Å²) in [6, 6.07) is 25.5. The quantitative estimate of drug-likeness (QED) is 0.496. The molecule has 2 heterocycles. The predicted molar refractivity (Wildman–Crippen MR) is 142 cm³/mol. The first kappa shape index (κ1) is 24.3. The average molecular weight is 506 g/mol. The van der Waals surface area contributed by atoms with Gasteiger partial charge in [0, 0.05) is 79.9 Å². The molecule has 0 aromatic heterocycles. The van der Waals surface area contributed by atoms with Crippen molar-refractivity contribution < 1.29 is 18.5 Å². The predicted octanol–water partition coefficient (Wildman–Crippen LogP) is 4.36. The summed E-state index contributed by atoms with van der Waals surface area (Å²) in [6.07, 6.45) is -0.315. The smallest absolute Gasteiger partial charge is 0.415 e. The van der Waals surface area contributed by atoms with Gasteiger partial charge in [0.1, 0.15) is 17.2 Å². The Morgan fingerprint density at radius 3 is 2.22 bits per heavy atom. The van der Waals surface area contributed by atoms with Crippen LogP contribution in [0.3, 0.4) is 0 Å². The number of anilines is 1. The van der Waals surface area contributed by atoms with E-state index in [-0.39, 0.29) is 6.09 Å². The van der Waals surface area contributed by atoms with E-state index in [4.69, 9.17) is 9.47 Å². The van der Waals surface area contributed by atoms with Crippen molar-refractivity contribution in [2.75, 3.05) is 55.7 Å². The van der Waals surface area contributed by atoms with Crippen LogP contribution in [-0.2, 0) is 17.3 Å². The van der Waals surface area contributed by atoms with E-state index < -0.39 is 10.8 Å². The number of nitrogens with zero attached hydrogens (tertiary/aromatic N) is 3. The molecule has 0 atom stereocenters. The van der Waals surface area contributed by atoms with E-state index in [1.165, 1.54) is 5.56 Å². The molecule has 1 amide bonds. The summed E-state index contributed by atoms with van der Waals surface area (Å²) in [7, 11) is -0.723. The topological polar surface area (TPSA) is 62.3 Å². The number of amides is 1. The third-order valence-electron chi connectivity index (χ3n) is 6.48. The fourth-order valence-electron chi connectivity index (χ4n) is 4.48. The van der Waals surface area contributed by atoms with Crippen LogP contribution in [0.1, 0.15) is 5.56 Å². The molecule has 2 saturated heterocycles. The molecular formula is C28H31N3O4S. The van der Waals surface area contributed by atoms with Gasteiger partial charge in [0.05, 0.1) is 0 Å². The average Bonchev–Trinajstić information content (AvgIpc) is 2.90. The largest absolute Gasteiger partial charge is 0.457 e. The Labute approximate surface area is 214 Å². The van der Waals surface area contributed by atoms with Crippen LogP contribution < -0.4 is 14.4 Å². The molecule has 188 valence electrons. The van der Waals surface area contributed by atoms with Gasteiger partial charge in [-0.1, -0.05) is 36.4 Å². The molecule has 0 spiro atoms. The minimum absolute atomic E-state index is 0.315. The lowest BCUT2D eigenvalue weighted by Crippen LogP contribution is -2.49. The van der Waals surface area contributed by atoms with Gasteiger partial charge in [0.15, 0.2) is 0 Å². The van der Waals surface area contributed by atoms with E-state index in [1.54, 1.807) is 4.90 Å². The van der Waals surface area contributed by atoms with Crippen LogP contribution in [0.15, 0.2) is 78.9 Å². The van der Waals surface area contributed by atoms with Gasteiger partial charge in [0.2, 0.25) is 0 Å². The second-order valence-electron chi connectivity index (χ2n) is 9.03. The lowest BCUT2D eigenvalue weighted by atomic mass is 10.2. The summed E-state index contributed by atoms with van der Waals surface area (Å²) in [4.78, 5) is 19.1. The van der Waals surface area contributed by atoms with E-state index in [9.17, 15) is 9.00 Å². The van der Waals surface area contributed by atoms with E-state index in [2.05, 4.69) is 21.9 Å². The number of para-hydroxylation sites is 1. The Morgan fingerprint density at radius 2 is 1.44 bits per heavy atom. The molecule has 2 fully saturated rings. The Balaban J connectivity index is 1.11. The van der Waals surface area contributed by atoms with Crippen molar-refractivity contribution in [3.05, 3.63) is 84.4 Å². The summed E-state index contributed by atoms with van der Waals surface area (Å²) in [5, 5.41) is 0. The molecule has 0 radical (unpaired) electrons. The molecule has 3 aromatic carbocycles. The van der Waals surface area contributed by atoms with Crippen molar-refractivity contribution in [1.29, 1.82) is 0 Å². The Morgan fingerprint density at radius 1 is 0.750 bits per heavy atom. The minimum Gasteiger partial charge on any atom is -0.457 e. The SMILES string of the molecule is O=C(Oc1cccc(N2CCS(=O)CC2)c1)N1CCN(Cc2cccc(Oc3ccccc3)c2)CC1. The molecule has 2 aliphatic rings. The van der Waals surface area contributed by atoms with Crippen molar-refractivity contribution in [2.45, 2.75) is 6.54 Å². The third-order valence-corrected chi connectivity index (χ3v) is 7.76. The monoisotopic (exact) mass is 505 g/mol. The maximum absolute atomic E-state index is 12.8. The van der Waals surface area contributed by atoms with Gasteiger partial charge >= 0.3 is 6.09 Å². The third kappa shape index (κ3) is 6.44. The number of ether oxygens (including phenoxy) is 2. The molecule has 0 aliphatic carbocycles. The van der Waals surface area contributed by atoms with Crippen molar-refractivity contribution in [3.8, 4) is 17.2 Å². The normalized spacial score (nSPS) is 17.1. The van der Waals surface area contributed by atoms with Crippen LogP contribution in [0.4, 0.5) is 10.5 Å². The first-order valence-electron chi connectivity index (χ1n) is 12.3. The van der Waals surface area contributed by atoms with Gasteiger partial charge in [-0.3, -0.25) is 9.11 Å². The first-order chi connectivity index (χ1) is 17.6. The highest BCUT2D eigenvalue weighted by atomic mass is 32.2. The van der Waals surface area contributed by atoms with Crippen LogP contribution in [-0.4, -0.2) is 70.9 Å². The highest BCUT2D eigenvalue weighted by molar-refractivity contribution is 7.85. The zero-order chi connectivity index (χ0) is 24.7. The van der Waals surface area contributed by atoms with Gasteiger partial charge in [-0.2, -0.15) is 0 Å². The Bertz CT molecular complexity index is 1190. The van der Waals surface area contributed by atoms with Gasteiger partial charge in [-0.05, 0) is 42.0 Å². The van der Waals surface area contributed by atoms with Gasteiger partial charge in [-0.25, -0.2) is 4.79 Å². The number of hydrogen-bond donors (Lipinski definition) is 0. The standard InChI is InChI=1S/C28H31N3O4S/c32-28(35-27-11-5-7-24(21-27)30-16-18-36(33)19-17-30)31-14-12-29(13-15-31)22-23-6-4-10-26(20-23)34-25-8-2-1-3-9-25/h1-11,20-21H,12-19,22H2. The molecule has 2 aliphatic heterocycles. The molecule has 3 aromatic rings. The van der Waals surface area contributed by atoms with Crippen LogP contribution in [0, 0.1) is 0 Å². The molecule has 0 unspecified atom stereocenters. The zero-order valence-corrected chi connectivity index (χ0v) is 21.1. The van der Waals surface area contributed by atoms with E-state index >= 15 is 0 Å². The summed E-state index contributed by atoms with van der Waals surface area (Å²) >= 11 is 0. The van der Waals surface area contributed by atoms with Gasteiger partial charge in [0.25, 0.3) is 0 Å². The molecular weight excluding hydrogens is 474 g/mol. The lowest BCUT2D eigenvalue weighted by molar-refractivity contribution is 0.108. The van der Waals surface area contributed by atoms with Crippen LogP contribution in [0.5, 0.6) is 17.2 Å². The second-order valence-corrected chi connectivity index (χ2v) is 10.7. The number of carbonyl (C=O) groups excluding carboxylic acids is 1. The van der Waals surface area contributed by atoms with Crippen molar-refractivity contribution in [1.82, 2.24) is 9.80 Å². The number of rotatable bonds is 6. The highest BCUT2D eigenvalue weighted by Crippen LogP contribution is 2.24. The molecule has 0 bridgehead atoms. The van der Waals surface area contributed by atoms with Crippen molar-refractivity contribution in [2.24, 2.45) is 0 Å². The van der Waals surface area contributed by atoms with E-state index in [1.807, 2.05) is 66.7 Å². The second kappa shape index (κ2) is 11.6. The zero-order valence-electron chi connectivity index (χ0n) is 20.3. The number of piperazine rings is 1. The maximum atomic E-state index is 12.8. The number of carbonyl (C=O) groups is 1. The lowest BCUT2D eigenvalue weighted by Gasteiger charge is -2.34. The highest BCUT2D eigenvalue weighted by Gasteiger charge is 2.23. The molecule has 8 heteroatoms. The van der Waals surface area contributed by atoms with E-state index in [0.29, 0.717) is 30.3 Å². The molecule has 0 saturated carbocycles. The van der Waals surface area contributed by atoms with Crippen LogP contribution in [0.2, 0.25) is 0 Å². The minimum atomic E-state index is -0.723. The van der Waals surface area contributed by atoms with Crippen LogP contribution in [0.25, 0.3) is 0 Å². The Hall–Kier alpha value is -3.36. The Kier molecular flexibility index (Phi) is 7.83. The maximum Gasteiger partial charge on any atom is 0.415 e. The summed E-state index contributed by atoms with van der Waals surface area (Å²) in [6.45, 7) is 5.12. The fourth-order valence-corrected chi connectivity index (χ4v) is 5.54. The summed E-state index contributed by atoms with van der Waals surface area (Å²) < 4.78 is 23.3. The number of hydrogen-bond acceptors (Lipinski definition) is 6. The molecule has 36 heavy (non-hydrogen) atoms. The van der Waals surface area contributed by atoms with E-state index in [0.717, 1.165) is 49.9 Å². The summed E-state index contributed by atoms with van der Waals surface area (Å²) in [5.74, 6) is 3.54. The van der Waals surface area contributed by atoms with Gasteiger partial charge < -0.3 is 19.3 Å². The number of benzene rings is 3. The van der Waals surface area contributed by atoms with Crippen molar-refractivity contribution in [3.63, 3.8) is 0 Å². The van der Waals surface area contributed by atoms with Crippen molar-refractivity contribution >= 4 is 22.6 Å². The molecule has 5 rings (SSSR count). The summed E-state index contributed by atoms with van der Waals surface area (Å²) in [5.41, 5.74) is 2.18. The molecule has 0 N–H and O–H groups in total.